The Kier molecular flexibility index (Phi) is 76.1. The Morgan fingerprint density at radius 2 is 0.381 bits per heavy atom. The molecule has 2 atom stereocenters. The molecule has 0 aromatic carbocycles. The van der Waals surface area contributed by atoms with Crippen molar-refractivity contribution in [1.82, 2.24) is 5.32 Å². The van der Waals surface area contributed by atoms with E-state index in [0.717, 1.165) is 25.7 Å². The van der Waals surface area contributed by atoms with E-state index in [1.807, 2.05) is 0 Å². The molecular formula is C80H161NO3. The Balaban J connectivity index is 3.32. The quantitative estimate of drug-likeness (QED) is 0.0532. The van der Waals surface area contributed by atoms with Crippen molar-refractivity contribution in [2.24, 2.45) is 0 Å². The lowest BCUT2D eigenvalue weighted by Crippen LogP contribution is -2.45. The van der Waals surface area contributed by atoms with E-state index in [9.17, 15) is 15.0 Å². The third kappa shape index (κ3) is 72.1. The zero-order chi connectivity index (χ0) is 60.5. The van der Waals surface area contributed by atoms with Gasteiger partial charge >= 0.3 is 0 Å². The molecule has 0 aromatic heterocycles. The standard InChI is InChI=1S/C80H161NO3/c1-3-5-7-9-11-13-15-17-19-21-23-25-27-29-31-33-35-37-38-39-40-41-42-43-44-46-48-50-52-54-56-58-60-62-64-66-68-70-72-74-76-80(84)81-78(77-82)79(83)75-73-71-69-67-65-63-61-59-57-55-53-51-49-47-45-36-34-32-30-28-26-24-22-20-18-16-14-12-10-8-6-4-2/h78-79,82-83H,3-77H2,1-2H3,(H,81,84). The zero-order valence-electron chi connectivity index (χ0n) is 58.5. The lowest BCUT2D eigenvalue weighted by molar-refractivity contribution is -0.123. The lowest BCUT2D eigenvalue weighted by atomic mass is 10.0. The van der Waals surface area contributed by atoms with Gasteiger partial charge in [-0.25, -0.2) is 0 Å². The third-order valence-electron chi connectivity index (χ3n) is 19.6. The predicted molar refractivity (Wildman–Crippen MR) is 378 cm³/mol. The number of hydrogen-bond donors (Lipinski definition) is 3. The molecule has 0 saturated carbocycles. The van der Waals surface area contributed by atoms with E-state index in [2.05, 4.69) is 19.2 Å². The fourth-order valence-corrected chi connectivity index (χ4v) is 13.5. The molecule has 0 aliphatic heterocycles. The number of unbranched alkanes of at least 4 members (excludes halogenated alkanes) is 70. The molecule has 4 heteroatoms. The van der Waals surface area contributed by atoms with Crippen LogP contribution in [0.2, 0.25) is 0 Å². The molecule has 0 radical (unpaired) electrons. The first kappa shape index (κ1) is 83.4. The molecule has 0 saturated heterocycles. The molecule has 0 aromatic rings. The van der Waals surface area contributed by atoms with Crippen LogP contribution in [0.25, 0.3) is 0 Å². The monoisotopic (exact) mass is 1180 g/mol. The summed E-state index contributed by atoms with van der Waals surface area (Å²) in [5, 5.41) is 23.5. The number of hydrogen-bond acceptors (Lipinski definition) is 3. The summed E-state index contributed by atoms with van der Waals surface area (Å²) in [6, 6.07) is -0.534. The highest BCUT2D eigenvalue weighted by Gasteiger charge is 2.20. The Bertz CT molecular complexity index is 1160. The van der Waals surface area contributed by atoms with Gasteiger partial charge < -0.3 is 15.5 Å². The van der Waals surface area contributed by atoms with Crippen LogP contribution in [0, 0.1) is 0 Å². The van der Waals surface area contributed by atoms with E-state index in [1.54, 1.807) is 0 Å². The van der Waals surface area contributed by atoms with Crippen molar-refractivity contribution in [2.45, 2.75) is 501 Å². The highest BCUT2D eigenvalue weighted by molar-refractivity contribution is 5.76. The second-order valence-corrected chi connectivity index (χ2v) is 28.2. The molecule has 2 unspecified atom stereocenters. The van der Waals surface area contributed by atoms with Gasteiger partial charge in [-0.3, -0.25) is 4.79 Å². The number of aliphatic hydroxyl groups is 2. The minimum atomic E-state index is -0.657. The second-order valence-electron chi connectivity index (χ2n) is 28.2. The second kappa shape index (κ2) is 76.6. The minimum Gasteiger partial charge on any atom is -0.394 e. The number of amides is 1. The van der Waals surface area contributed by atoms with Gasteiger partial charge in [-0.1, -0.05) is 470 Å². The van der Waals surface area contributed by atoms with E-state index in [4.69, 9.17) is 0 Å². The minimum absolute atomic E-state index is 0.0178. The Morgan fingerprint density at radius 3 is 0.536 bits per heavy atom. The van der Waals surface area contributed by atoms with Crippen molar-refractivity contribution in [3.05, 3.63) is 0 Å². The summed E-state index contributed by atoms with van der Waals surface area (Å²) < 4.78 is 0. The molecule has 1 amide bonds. The fourth-order valence-electron chi connectivity index (χ4n) is 13.5. The average molecular weight is 1190 g/mol. The van der Waals surface area contributed by atoms with E-state index >= 15 is 0 Å². The van der Waals surface area contributed by atoms with Crippen LogP contribution >= 0.6 is 0 Å². The molecule has 0 spiro atoms. The van der Waals surface area contributed by atoms with Gasteiger partial charge in [-0.05, 0) is 12.8 Å². The topological polar surface area (TPSA) is 69.6 Å². The van der Waals surface area contributed by atoms with Gasteiger partial charge in [0, 0.05) is 6.42 Å². The molecule has 0 aliphatic carbocycles. The van der Waals surface area contributed by atoms with Crippen LogP contribution in [0.4, 0.5) is 0 Å². The Hall–Kier alpha value is -0.610. The summed E-state index contributed by atoms with van der Waals surface area (Å²) in [5.74, 6) is -0.0178. The van der Waals surface area contributed by atoms with Crippen molar-refractivity contribution in [1.29, 1.82) is 0 Å². The van der Waals surface area contributed by atoms with Crippen LogP contribution in [0.5, 0.6) is 0 Å². The number of nitrogens with one attached hydrogen (secondary N) is 1. The smallest absolute Gasteiger partial charge is 0.220 e. The first-order valence-electron chi connectivity index (χ1n) is 40.2. The van der Waals surface area contributed by atoms with Gasteiger partial charge in [-0.15, -0.1) is 0 Å². The maximum Gasteiger partial charge on any atom is 0.220 e. The van der Waals surface area contributed by atoms with E-state index in [1.165, 1.54) is 437 Å². The molecular weight excluding hydrogens is 1020 g/mol. The molecule has 0 heterocycles. The largest absolute Gasteiger partial charge is 0.394 e. The molecule has 0 bridgehead atoms. The summed E-state index contributed by atoms with van der Waals surface area (Å²) in [7, 11) is 0. The maximum absolute atomic E-state index is 12.6. The van der Waals surface area contributed by atoms with Crippen LogP contribution in [-0.4, -0.2) is 34.9 Å². The summed E-state index contributed by atoms with van der Waals surface area (Å²) in [6.07, 6.45) is 102. The van der Waals surface area contributed by atoms with Gasteiger partial charge in [0.05, 0.1) is 18.8 Å². The molecule has 4 nitrogen and oxygen atoms in total. The zero-order valence-corrected chi connectivity index (χ0v) is 58.5. The van der Waals surface area contributed by atoms with E-state index in [0.29, 0.717) is 12.8 Å². The molecule has 0 fully saturated rings. The van der Waals surface area contributed by atoms with Crippen molar-refractivity contribution >= 4 is 5.91 Å². The Labute approximate surface area is 531 Å². The normalized spacial score (nSPS) is 12.5. The fraction of sp³-hybridized carbons (Fsp3) is 0.988. The number of carbonyl (C=O) groups excluding carboxylic acids is 1. The van der Waals surface area contributed by atoms with Crippen LogP contribution in [0.15, 0.2) is 0 Å². The molecule has 0 rings (SSSR count). The van der Waals surface area contributed by atoms with Crippen molar-refractivity contribution in [3.63, 3.8) is 0 Å². The summed E-state index contributed by atoms with van der Waals surface area (Å²) in [5.41, 5.74) is 0. The van der Waals surface area contributed by atoms with E-state index in [-0.39, 0.29) is 12.5 Å². The summed E-state index contributed by atoms with van der Waals surface area (Å²) >= 11 is 0. The SMILES string of the molecule is CCCCCCCCCCCCCCCCCCCCCCCCCCCCCCCCCCCCCCCCCCC(=O)NC(CO)C(O)CCCCCCCCCCCCCCCCCCCCCCCCCCCCCCCCCC. The number of aliphatic hydroxyl groups excluding tert-OH is 2. The first-order chi connectivity index (χ1) is 41.7. The van der Waals surface area contributed by atoms with Crippen LogP contribution < -0.4 is 5.32 Å². The van der Waals surface area contributed by atoms with Crippen LogP contribution in [0.1, 0.15) is 489 Å². The average Bonchev–Trinajstić information content (AvgIpc) is 3.50. The van der Waals surface area contributed by atoms with E-state index < -0.39 is 12.1 Å². The first-order valence-corrected chi connectivity index (χ1v) is 40.2. The highest BCUT2D eigenvalue weighted by Crippen LogP contribution is 2.21. The molecule has 84 heavy (non-hydrogen) atoms. The van der Waals surface area contributed by atoms with Gasteiger partial charge in [0.15, 0.2) is 0 Å². The summed E-state index contributed by atoms with van der Waals surface area (Å²) in [4.78, 5) is 12.6. The van der Waals surface area contributed by atoms with Gasteiger partial charge in [0.25, 0.3) is 0 Å². The molecule has 504 valence electrons. The van der Waals surface area contributed by atoms with Crippen molar-refractivity contribution in [2.75, 3.05) is 6.61 Å². The highest BCUT2D eigenvalue weighted by atomic mass is 16.3. The summed E-state index contributed by atoms with van der Waals surface area (Å²) in [6.45, 7) is 4.43. The molecule has 0 aliphatic rings. The lowest BCUT2D eigenvalue weighted by Gasteiger charge is -2.22. The van der Waals surface area contributed by atoms with Gasteiger partial charge in [-0.2, -0.15) is 0 Å². The van der Waals surface area contributed by atoms with Gasteiger partial charge in [0.1, 0.15) is 0 Å². The van der Waals surface area contributed by atoms with Crippen LogP contribution in [0.3, 0.4) is 0 Å². The van der Waals surface area contributed by atoms with Gasteiger partial charge in [0.2, 0.25) is 5.91 Å². The Morgan fingerprint density at radius 1 is 0.238 bits per heavy atom. The third-order valence-corrected chi connectivity index (χ3v) is 19.6. The maximum atomic E-state index is 12.6. The predicted octanol–water partition coefficient (Wildman–Crippen LogP) is 27.7. The van der Waals surface area contributed by atoms with Crippen molar-refractivity contribution in [3.8, 4) is 0 Å². The van der Waals surface area contributed by atoms with Crippen molar-refractivity contribution < 1.29 is 15.0 Å². The van der Waals surface area contributed by atoms with Crippen LogP contribution in [-0.2, 0) is 4.79 Å². The molecule has 3 N–H and O–H groups in total. The number of rotatable bonds is 77. The number of carbonyl (C=O) groups is 1.